The Labute approximate surface area is 72.3 Å². The number of rotatable bonds is 2. The van der Waals surface area contributed by atoms with Crippen LogP contribution in [0.5, 0.6) is 0 Å². The summed E-state index contributed by atoms with van der Waals surface area (Å²) >= 11 is -6.20. The predicted molar refractivity (Wildman–Crippen MR) is 38.2 cm³/mol. The molecule has 0 saturated heterocycles. The van der Waals surface area contributed by atoms with Gasteiger partial charge in [-0.25, -0.2) is 0 Å². The Bertz CT molecular complexity index is 277. The van der Waals surface area contributed by atoms with Crippen LogP contribution >= 0.6 is 0 Å². The average Bonchev–Trinajstić information content (AvgIpc) is 1.55. The van der Waals surface area contributed by atoms with Crippen molar-refractivity contribution in [2.24, 2.45) is 4.29 Å². The summed E-state index contributed by atoms with van der Waals surface area (Å²) in [5, 5.41) is 18.6. The van der Waals surface area contributed by atoms with Crippen LogP contribution < -0.4 is 4.29 Å². The summed E-state index contributed by atoms with van der Waals surface area (Å²) in [6.45, 7) is 4.23. The molecule has 0 aromatic carbocycles. The van der Waals surface area contributed by atoms with Gasteiger partial charge in [-0.2, -0.15) is 0 Å². The van der Waals surface area contributed by atoms with Crippen molar-refractivity contribution in [3.05, 3.63) is 0 Å². The van der Waals surface area contributed by atoms with Crippen molar-refractivity contribution in [1.82, 2.24) is 0 Å². The van der Waals surface area contributed by atoms with E-state index in [0.29, 0.717) is 0 Å². The summed E-state index contributed by atoms with van der Waals surface area (Å²) in [6, 6.07) is 0. The molecule has 0 unspecified atom stereocenters. The Balaban J connectivity index is 5.66. The van der Waals surface area contributed by atoms with Crippen molar-refractivity contribution in [3.8, 4) is 0 Å². The topological polar surface area (TPSA) is 101 Å². The number of nitrogens with two attached hydrogens (primary N) is 1. The zero-order valence-electron chi connectivity index (χ0n) is 7.70. The Hall–Kier alpha value is 0.168. The van der Waals surface area contributed by atoms with Crippen molar-refractivity contribution in [1.29, 1.82) is 0 Å². The van der Waals surface area contributed by atoms with Crippen LogP contribution in [0.1, 0.15) is 27.7 Å². The fraction of sp³-hybridized carbons (Fsp3) is 1.00. The van der Waals surface area contributed by atoms with Gasteiger partial charge in [0.15, 0.2) is 0 Å². The molecule has 0 amide bonds. The standard InChI is InChI=1S/2C3H7O.Mo.H2N.2O/c2*1-3(2)4;;;;/h2*4H,1-2H3;;1H2;;/q;;+1;-1;;. The molecule has 0 heterocycles. The van der Waals surface area contributed by atoms with Crippen LogP contribution in [0.15, 0.2) is 0 Å². The zero-order chi connectivity index (χ0) is 10.4. The predicted octanol–water partition coefficient (Wildman–Crippen LogP) is -0.303. The van der Waals surface area contributed by atoms with Crippen molar-refractivity contribution in [2.45, 2.75) is 35.7 Å². The Morgan fingerprint density at radius 2 is 1.17 bits per heavy atom. The van der Waals surface area contributed by atoms with Crippen molar-refractivity contribution in [3.63, 3.8) is 0 Å². The van der Waals surface area contributed by atoms with E-state index in [0.717, 1.165) is 27.7 Å². The SMILES string of the molecule is C[C](C)(O)[Mo]([NH2])(=[O])(=[O])[C](C)(C)O. The van der Waals surface area contributed by atoms with Crippen LogP contribution in [0.3, 0.4) is 0 Å². The minimum atomic E-state index is -6.20. The van der Waals surface area contributed by atoms with Gasteiger partial charge in [0, 0.05) is 0 Å². The summed E-state index contributed by atoms with van der Waals surface area (Å²) in [5.74, 6) is 0. The van der Waals surface area contributed by atoms with Crippen molar-refractivity contribution >= 4 is 0 Å². The van der Waals surface area contributed by atoms with E-state index in [4.69, 9.17) is 4.29 Å². The molecule has 0 saturated carbocycles. The summed E-state index contributed by atoms with van der Waals surface area (Å²) in [5.41, 5.74) is 0. The molecule has 0 aromatic rings. The normalized spacial score (nSPS) is 18.4. The monoisotopic (exact) mass is 264 g/mol. The maximum atomic E-state index is 11.6. The van der Waals surface area contributed by atoms with Gasteiger partial charge in [-0.3, -0.25) is 0 Å². The summed E-state index contributed by atoms with van der Waals surface area (Å²) < 4.78 is 24.2. The second kappa shape index (κ2) is 2.35. The number of hydrogen-bond donors (Lipinski definition) is 3. The van der Waals surface area contributed by atoms with Crippen LogP contribution in [-0.2, 0) is 21.8 Å². The van der Waals surface area contributed by atoms with E-state index in [1.165, 1.54) is 0 Å². The molecule has 6 heteroatoms. The molecule has 0 aromatic heterocycles. The molecule has 0 bridgehead atoms. The maximum absolute atomic E-state index is 11.6. The van der Waals surface area contributed by atoms with Crippen LogP contribution in [0, 0.1) is 0 Å². The van der Waals surface area contributed by atoms with E-state index in [1.54, 1.807) is 0 Å². The summed E-state index contributed by atoms with van der Waals surface area (Å²) in [7, 11) is 0. The molecule has 5 nitrogen and oxygen atoms in total. The second-order valence-corrected chi connectivity index (χ2v) is 13.3. The Morgan fingerprint density at radius 1 is 1.00 bits per heavy atom. The first-order valence-corrected chi connectivity index (χ1v) is 8.23. The van der Waals surface area contributed by atoms with Crippen LogP contribution in [-0.4, -0.2) is 18.2 Å². The van der Waals surface area contributed by atoms with E-state index in [9.17, 15) is 17.0 Å². The molecule has 0 aliphatic rings. The molecule has 0 radical (unpaired) electrons. The van der Waals surface area contributed by atoms with Gasteiger partial charge in [0.05, 0.1) is 0 Å². The molecular formula is C6H16MoNO4. The van der Waals surface area contributed by atoms with E-state index >= 15 is 0 Å². The molecule has 0 atom stereocenters. The molecule has 0 rings (SSSR count). The molecule has 0 fully saturated rings. The third kappa shape index (κ3) is 1.46. The molecular weight excluding hydrogens is 246 g/mol. The van der Waals surface area contributed by atoms with E-state index in [1.807, 2.05) is 0 Å². The molecule has 0 aliphatic carbocycles. The summed E-state index contributed by atoms with van der Waals surface area (Å²) in [4.78, 5) is 0. The van der Waals surface area contributed by atoms with Gasteiger partial charge >= 0.3 is 72.0 Å². The van der Waals surface area contributed by atoms with Crippen LogP contribution in [0.4, 0.5) is 0 Å². The molecule has 12 heavy (non-hydrogen) atoms. The Kier molecular flexibility index (Phi) is 2.38. The quantitative estimate of drug-likeness (QED) is 0.593. The van der Waals surface area contributed by atoms with Gasteiger partial charge in [0.1, 0.15) is 0 Å². The number of aliphatic hydroxyl groups is 2. The Morgan fingerprint density at radius 3 is 1.17 bits per heavy atom. The zero-order valence-corrected chi connectivity index (χ0v) is 9.70. The number of hydrogen-bond acceptors (Lipinski definition) is 4. The fourth-order valence-corrected chi connectivity index (χ4v) is 3.62. The molecule has 0 spiro atoms. The molecule has 0 aliphatic heterocycles. The van der Waals surface area contributed by atoms with Gasteiger partial charge in [-0.15, -0.1) is 0 Å². The molecule has 4 N–H and O–H groups in total. The first-order valence-electron chi connectivity index (χ1n) is 3.42. The third-order valence-corrected chi connectivity index (χ3v) is 11.2. The third-order valence-electron chi connectivity index (χ3n) is 1.89. The van der Waals surface area contributed by atoms with Crippen LogP contribution in [0.25, 0.3) is 0 Å². The van der Waals surface area contributed by atoms with Gasteiger partial charge < -0.3 is 0 Å². The van der Waals surface area contributed by atoms with E-state index in [-0.39, 0.29) is 0 Å². The van der Waals surface area contributed by atoms with Crippen LogP contribution in [0.2, 0.25) is 0 Å². The van der Waals surface area contributed by atoms with E-state index in [2.05, 4.69) is 0 Å². The molecule has 75 valence electrons. The fourth-order valence-electron chi connectivity index (χ4n) is 0.611. The first kappa shape index (κ1) is 12.2. The van der Waals surface area contributed by atoms with Gasteiger partial charge in [0.2, 0.25) is 0 Å². The second-order valence-electron chi connectivity index (χ2n) is 3.83. The first-order chi connectivity index (χ1) is 4.79. The van der Waals surface area contributed by atoms with Crippen molar-refractivity contribution in [2.75, 3.05) is 0 Å². The summed E-state index contributed by atoms with van der Waals surface area (Å²) in [6.07, 6.45) is 0. The average molecular weight is 262 g/mol. The van der Waals surface area contributed by atoms with E-state index < -0.39 is 23.0 Å². The van der Waals surface area contributed by atoms with Gasteiger partial charge in [-0.05, 0) is 0 Å². The minimum absolute atomic E-state index is 1.06. The van der Waals surface area contributed by atoms with Crippen molar-refractivity contribution < 1.29 is 32.0 Å². The van der Waals surface area contributed by atoms with Gasteiger partial charge in [0.25, 0.3) is 0 Å². The van der Waals surface area contributed by atoms with Gasteiger partial charge in [-0.1, -0.05) is 0 Å².